The predicted molar refractivity (Wildman–Crippen MR) is 86.7 cm³/mol. The van der Waals surface area contributed by atoms with E-state index in [1.165, 1.54) is 4.31 Å². The molecule has 6 heteroatoms. The molecular weight excluding hydrogens is 300 g/mol. The number of nitrogens with zero attached hydrogens (tertiary/aromatic N) is 1. The minimum Gasteiger partial charge on any atom is -0.497 e. The van der Waals surface area contributed by atoms with Gasteiger partial charge in [-0.1, -0.05) is 6.07 Å². The van der Waals surface area contributed by atoms with Crippen LogP contribution in [0.4, 0.5) is 11.4 Å². The molecule has 1 aliphatic heterocycles. The van der Waals surface area contributed by atoms with Gasteiger partial charge in [-0.05, 0) is 55.3 Å². The lowest BCUT2D eigenvalue weighted by molar-refractivity contribution is 0.414. The molecule has 0 spiro atoms. The number of anilines is 2. The molecule has 22 heavy (non-hydrogen) atoms. The van der Waals surface area contributed by atoms with Gasteiger partial charge in [-0.15, -0.1) is 0 Å². The third-order valence-electron chi connectivity index (χ3n) is 3.88. The molecule has 0 radical (unpaired) electrons. The summed E-state index contributed by atoms with van der Waals surface area (Å²) in [6, 6.07) is 11.7. The Balaban J connectivity index is 2.07. The van der Waals surface area contributed by atoms with Gasteiger partial charge in [0, 0.05) is 11.7 Å². The van der Waals surface area contributed by atoms with Crippen LogP contribution in [0.5, 0.6) is 5.75 Å². The Morgan fingerprint density at radius 3 is 2.50 bits per heavy atom. The van der Waals surface area contributed by atoms with Crippen LogP contribution < -0.4 is 14.8 Å². The van der Waals surface area contributed by atoms with Crippen molar-refractivity contribution in [1.29, 1.82) is 0 Å². The van der Waals surface area contributed by atoms with Gasteiger partial charge < -0.3 is 10.5 Å². The van der Waals surface area contributed by atoms with Crippen LogP contribution in [0.15, 0.2) is 47.4 Å². The SMILES string of the molecule is COc1ccc(S(=O)(=O)N2c3cc(N)ccc3C[C@@H]2C)cc1. The molecule has 0 amide bonds. The largest absolute Gasteiger partial charge is 0.497 e. The van der Waals surface area contributed by atoms with Crippen molar-refractivity contribution in [2.45, 2.75) is 24.3 Å². The normalized spacial score (nSPS) is 17.4. The highest BCUT2D eigenvalue weighted by Gasteiger charge is 2.36. The van der Waals surface area contributed by atoms with E-state index in [4.69, 9.17) is 10.5 Å². The highest BCUT2D eigenvalue weighted by molar-refractivity contribution is 7.92. The molecule has 2 N–H and O–H groups in total. The molecule has 1 atom stereocenters. The quantitative estimate of drug-likeness (QED) is 0.882. The van der Waals surface area contributed by atoms with Crippen LogP contribution in [-0.2, 0) is 16.4 Å². The van der Waals surface area contributed by atoms with E-state index in [1.54, 1.807) is 43.5 Å². The average molecular weight is 318 g/mol. The van der Waals surface area contributed by atoms with Crippen LogP contribution in [0.3, 0.4) is 0 Å². The van der Waals surface area contributed by atoms with E-state index in [0.717, 1.165) is 5.56 Å². The highest BCUT2D eigenvalue weighted by atomic mass is 32.2. The maximum atomic E-state index is 13.0. The summed E-state index contributed by atoms with van der Waals surface area (Å²) in [6.07, 6.45) is 0.686. The molecule has 1 heterocycles. The molecule has 0 fully saturated rings. The number of ether oxygens (including phenoxy) is 1. The second kappa shape index (κ2) is 5.21. The molecule has 0 saturated carbocycles. The van der Waals surface area contributed by atoms with E-state index in [2.05, 4.69) is 0 Å². The fourth-order valence-corrected chi connectivity index (χ4v) is 4.51. The van der Waals surface area contributed by atoms with E-state index < -0.39 is 10.0 Å². The Kier molecular flexibility index (Phi) is 3.48. The number of benzene rings is 2. The summed E-state index contributed by atoms with van der Waals surface area (Å²) in [5, 5.41) is 0. The lowest BCUT2D eigenvalue weighted by Crippen LogP contribution is -2.35. The first-order chi connectivity index (χ1) is 10.4. The molecule has 5 nitrogen and oxygen atoms in total. The van der Waals surface area contributed by atoms with Crippen molar-refractivity contribution in [3.63, 3.8) is 0 Å². The van der Waals surface area contributed by atoms with Gasteiger partial charge in [-0.3, -0.25) is 4.31 Å². The number of rotatable bonds is 3. The Labute approximate surface area is 130 Å². The number of methoxy groups -OCH3 is 1. The maximum Gasteiger partial charge on any atom is 0.264 e. The highest BCUT2D eigenvalue weighted by Crippen LogP contribution is 2.38. The molecule has 0 bridgehead atoms. The monoisotopic (exact) mass is 318 g/mol. The van der Waals surface area contributed by atoms with Crippen molar-refractivity contribution in [1.82, 2.24) is 0 Å². The van der Waals surface area contributed by atoms with Crippen molar-refractivity contribution >= 4 is 21.4 Å². The molecule has 2 aromatic rings. The van der Waals surface area contributed by atoms with Gasteiger partial charge in [0.15, 0.2) is 0 Å². The summed E-state index contributed by atoms with van der Waals surface area (Å²) >= 11 is 0. The molecule has 0 saturated heterocycles. The lowest BCUT2D eigenvalue weighted by Gasteiger charge is -2.24. The number of nitrogens with two attached hydrogens (primary N) is 1. The zero-order valence-electron chi connectivity index (χ0n) is 12.5. The second-order valence-electron chi connectivity index (χ2n) is 5.42. The summed E-state index contributed by atoms with van der Waals surface area (Å²) in [4.78, 5) is 0.246. The molecule has 3 rings (SSSR count). The zero-order valence-corrected chi connectivity index (χ0v) is 13.3. The summed E-state index contributed by atoms with van der Waals surface area (Å²) in [7, 11) is -2.07. The molecule has 0 unspecified atom stereocenters. The van der Waals surface area contributed by atoms with Gasteiger partial charge in [0.2, 0.25) is 0 Å². The van der Waals surface area contributed by atoms with E-state index in [-0.39, 0.29) is 10.9 Å². The molecule has 0 aliphatic carbocycles. The van der Waals surface area contributed by atoms with Crippen LogP contribution in [0.1, 0.15) is 12.5 Å². The maximum absolute atomic E-state index is 13.0. The van der Waals surface area contributed by atoms with Gasteiger partial charge in [-0.25, -0.2) is 8.42 Å². The number of sulfonamides is 1. The van der Waals surface area contributed by atoms with E-state index in [1.807, 2.05) is 13.0 Å². The summed E-state index contributed by atoms with van der Waals surface area (Å²) in [5.74, 6) is 0.623. The van der Waals surface area contributed by atoms with Crippen molar-refractivity contribution in [3.05, 3.63) is 48.0 Å². The van der Waals surface area contributed by atoms with Crippen LogP contribution in [0.25, 0.3) is 0 Å². The van der Waals surface area contributed by atoms with E-state index in [0.29, 0.717) is 23.5 Å². The van der Waals surface area contributed by atoms with Crippen molar-refractivity contribution in [2.75, 3.05) is 17.1 Å². The Morgan fingerprint density at radius 1 is 1.18 bits per heavy atom. The minimum absolute atomic E-state index is 0.135. The summed E-state index contributed by atoms with van der Waals surface area (Å²) < 4.78 is 32.5. The van der Waals surface area contributed by atoms with Crippen LogP contribution >= 0.6 is 0 Å². The summed E-state index contributed by atoms with van der Waals surface area (Å²) in [5.41, 5.74) is 8.05. The smallest absolute Gasteiger partial charge is 0.264 e. The topological polar surface area (TPSA) is 72.6 Å². The standard InChI is InChI=1S/C16H18N2O3S/c1-11-9-12-3-4-13(17)10-16(12)18(11)22(19,20)15-7-5-14(21-2)6-8-15/h3-8,10-11H,9,17H2,1-2H3/t11-/m0/s1. The number of fused-ring (bicyclic) bond motifs is 1. The van der Waals surface area contributed by atoms with E-state index >= 15 is 0 Å². The van der Waals surface area contributed by atoms with Crippen LogP contribution in [0, 0.1) is 0 Å². The first-order valence-corrected chi connectivity index (χ1v) is 8.44. The molecule has 1 aliphatic rings. The summed E-state index contributed by atoms with van der Waals surface area (Å²) in [6.45, 7) is 1.90. The number of nitrogen functional groups attached to an aromatic ring is 1. The lowest BCUT2D eigenvalue weighted by atomic mass is 10.1. The molecule has 2 aromatic carbocycles. The minimum atomic E-state index is -3.62. The van der Waals surface area contributed by atoms with Gasteiger partial charge in [0.25, 0.3) is 10.0 Å². The molecule has 116 valence electrons. The molecule has 0 aromatic heterocycles. The van der Waals surface area contributed by atoms with Crippen LogP contribution in [-0.4, -0.2) is 21.6 Å². The second-order valence-corrected chi connectivity index (χ2v) is 7.23. The van der Waals surface area contributed by atoms with Gasteiger partial charge >= 0.3 is 0 Å². The van der Waals surface area contributed by atoms with Gasteiger partial charge in [-0.2, -0.15) is 0 Å². The van der Waals surface area contributed by atoms with E-state index in [9.17, 15) is 8.42 Å². The average Bonchev–Trinajstić information content (AvgIpc) is 2.83. The van der Waals surface area contributed by atoms with Crippen LogP contribution in [0.2, 0.25) is 0 Å². The molecular formula is C16H18N2O3S. The van der Waals surface area contributed by atoms with Gasteiger partial charge in [0.05, 0.1) is 17.7 Å². The number of hydrogen-bond donors (Lipinski definition) is 1. The van der Waals surface area contributed by atoms with Crippen molar-refractivity contribution in [2.24, 2.45) is 0 Å². The van der Waals surface area contributed by atoms with Crippen molar-refractivity contribution in [3.8, 4) is 5.75 Å². The zero-order chi connectivity index (χ0) is 15.9. The predicted octanol–water partition coefficient (Wildman–Crippen LogP) is 2.42. The van der Waals surface area contributed by atoms with Gasteiger partial charge in [0.1, 0.15) is 5.75 Å². The third kappa shape index (κ3) is 2.29. The fraction of sp³-hybridized carbons (Fsp3) is 0.250. The van der Waals surface area contributed by atoms with Crippen molar-refractivity contribution < 1.29 is 13.2 Å². The first-order valence-electron chi connectivity index (χ1n) is 7.00. The first kappa shape index (κ1) is 14.7. The Hall–Kier alpha value is -2.21. The number of hydrogen-bond acceptors (Lipinski definition) is 4. The third-order valence-corrected chi connectivity index (χ3v) is 5.82. The Morgan fingerprint density at radius 2 is 1.86 bits per heavy atom. The Bertz CT molecular complexity index is 801. The fourth-order valence-electron chi connectivity index (χ4n) is 2.82.